The number of methoxy groups -OCH3 is 2. The van der Waals surface area contributed by atoms with Gasteiger partial charge in [-0.25, -0.2) is 0 Å². The molecule has 1 amide bonds. The van der Waals surface area contributed by atoms with E-state index in [2.05, 4.69) is 12.2 Å². The summed E-state index contributed by atoms with van der Waals surface area (Å²) in [6.07, 6.45) is 5.62. The lowest BCUT2D eigenvalue weighted by molar-refractivity contribution is -0.112. The molecule has 1 atom stereocenters. The highest BCUT2D eigenvalue weighted by Gasteiger charge is 2.27. The summed E-state index contributed by atoms with van der Waals surface area (Å²) >= 11 is 9.66. The lowest BCUT2D eigenvalue weighted by Crippen LogP contribution is -2.15. The third kappa shape index (κ3) is 3.65. The molecule has 2 heterocycles. The summed E-state index contributed by atoms with van der Waals surface area (Å²) in [5, 5.41) is 3.36. The number of fused-ring (bicyclic) bond motifs is 3. The zero-order valence-electron chi connectivity index (χ0n) is 16.1. The van der Waals surface area contributed by atoms with Gasteiger partial charge in [-0.3, -0.25) is 4.79 Å². The normalized spacial score (nSPS) is 18.0. The molecule has 28 heavy (non-hydrogen) atoms. The fourth-order valence-electron chi connectivity index (χ4n) is 3.70. The largest absolute Gasteiger partial charge is 0.495 e. The third-order valence-corrected chi connectivity index (χ3v) is 7.82. The first-order valence-corrected chi connectivity index (χ1v) is 11.4. The number of rotatable bonds is 4. The summed E-state index contributed by atoms with van der Waals surface area (Å²) in [5.41, 5.74) is 3.49. The van der Waals surface area contributed by atoms with Gasteiger partial charge in [0.1, 0.15) is 11.5 Å². The van der Waals surface area contributed by atoms with Crippen LogP contribution in [0.2, 0.25) is 5.02 Å². The van der Waals surface area contributed by atoms with Gasteiger partial charge in [-0.1, -0.05) is 18.5 Å². The summed E-state index contributed by atoms with van der Waals surface area (Å²) in [6.45, 7) is 2.32. The van der Waals surface area contributed by atoms with Crippen molar-refractivity contribution in [1.82, 2.24) is 0 Å². The van der Waals surface area contributed by atoms with Crippen molar-refractivity contribution in [2.75, 3.05) is 19.5 Å². The van der Waals surface area contributed by atoms with Crippen LogP contribution in [0.15, 0.2) is 17.0 Å². The van der Waals surface area contributed by atoms with Crippen LogP contribution < -0.4 is 14.8 Å². The van der Waals surface area contributed by atoms with E-state index in [4.69, 9.17) is 21.1 Å². The molecule has 4 nitrogen and oxygen atoms in total. The van der Waals surface area contributed by atoms with Gasteiger partial charge in [-0.05, 0) is 48.4 Å². The molecule has 2 aromatic rings. The first-order chi connectivity index (χ1) is 13.5. The van der Waals surface area contributed by atoms with Gasteiger partial charge >= 0.3 is 0 Å². The molecule has 148 valence electrons. The lowest BCUT2D eigenvalue weighted by Gasteiger charge is -2.20. The number of ether oxygens (including phenoxy) is 2. The van der Waals surface area contributed by atoms with E-state index in [1.165, 1.54) is 33.7 Å². The summed E-state index contributed by atoms with van der Waals surface area (Å²) in [4.78, 5) is 16.3. The van der Waals surface area contributed by atoms with Crippen molar-refractivity contribution in [1.29, 1.82) is 0 Å². The average molecular weight is 436 g/mol. The van der Waals surface area contributed by atoms with Gasteiger partial charge in [-0.15, -0.1) is 23.1 Å². The summed E-state index contributed by atoms with van der Waals surface area (Å²) < 4.78 is 10.6. The molecule has 4 rings (SSSR count). The van der Waals surface area contributed by atoms with Crippen molar-refractivity contribution in [2.24, 2.45) is 5.92 Å². The molecule has 0 fully saturated rings. The van der Waals surface area contributed by atoms with Crippen LogP contribution in [0.5, 0.6) is 11.5 Å². The predicted octanol–water partition coefficient (Wildman–Crippen LogP) is 5.77. The van der Waals surface area contributed by atoms with Crippen molar-refractivity contribution < 1.29 is 14.3 Å². The molecule has 1 aliphatic heterocycles. The molecular weight excluding hydrogens is 414 g/mol. The van der Waals surface area contributed by atoms with E-state index in [9.17, 15) is 4.79 Å². The fourth-order valence-corrected chi connectivity index (χ4v) is 6.59. The fraction of sp³-hybridized carbons (Fsp3) is 0.381. The second kappa shape index (κ2) is 8.01. The van der Waals surface area contributed by atoms with Crippen molar-refractivity contribution in [3.05, 3.63) is 42.9 Å². The molecule has 0 saturated carbocycles. The van der Waals surface area contributed by atoms with Crippen LogP contribution in [0.25, 0.3) is 6.08 Å². The van der Waals surface area contributed by atoms with Crippen molar-refractivity contribution in [2.45, 2.75) is 31.9 Å². The van der Waals surface area contributed by atoms with Crippen LogP contribution in [-0.2, 0) is 23.4 Å². The van der Waals surface area contributed by atoms with Gasteiger partial charge in [0.15, 0.2) is 0 Å². The zero-order valence-corrected chi connectivity index (χ0v) is 18.4. The van der Waals surface area contributed by atoms with Crippen LogP contribution in [0.4, 0.5) is 5.69 Å². The van der Waals surface area contributed by atoms with E-state index >= 15 is 0 Å². The molecule has 0 radical (unpaired) electrons. The first kappa shape index (κ1) is 19.7. The Bertz CT molecular complexity index is 967. The number of carbonyl (C=O) groups excluding carboxylic acids is 1. The minimum atomic E-state index is -0.144. The Hall–Kier alpha value is -1.63. The van der Waals surface area contributed by atoms with Crippen LogP contribution in [-0.4, -0.2) is 20.1 Å². The number of carbonyl (C=O) groups is 1. The number of hydrogen-bond donors (Lipinski definition) is 1. The molecule has 0 spiro atoms. The maximum atomic E-state index is 12.9. The second-order valence-electron chi connectivity index (χ2n) is 7.13. The molecule has 0 saturated heterocycles. The summed E-state index contributed by atoms with van der Waals surface area (Å²) in [7, 11) is 3.09. The number of amides is 1. The van der Waals surface area contributed by atoms with Crippen molar-refractivity contribution in [3.63, 3.8) is 0 Å². The van der Waals surface area contributed by atoms with Crippen LogP contribution >= 0.6 is 34.7 Å². The number of nitrogens with one attached hydrogen (secondary N) is 1. The Morgan fingerprint density at radius 1 is 1.21 bits per heavy atom. The topological polar surface area (TPSA) is 47.6 Å². The van der Waals surface area contributed by atoms with E-state index in [1.807, 2.05) is 17.4 Å². The smallest absolute Gasteiger partial charge is 0.262 e. The predicted molar refractivity (Wildman–Crippen MR) is 118 cm³/mol. The third-order valence-electron chi connectivity index (χ3n) is 5.23. The Balaban J connectivity index is 1.59. The Labute approximate surface area is 178 Å². The highest BCUT2D eigenvalue weighted by Crippen LogP contribution is 2.44. The summed E-state index contributed by atoms with van der Waals surface area (Å²) in [5.74, 6) is 2.48. The number of hydrogen-bond acceptors (Lipinski definition) is 5. The Morgan fingerprint density at radius 3 is 2.75 bits per heavy atom. The van der Waals surface area contributed by atoms with Gasteiger partial charge in [0.2, 0.25) is 0 Å². The minimum Gasteiger partial charge on any atom is -0.495 e. The van der Waals surface area contributed by atoms with E-state index < -0.39 is 0 Å². The van der Waals surface area contributed by atoms with E-state index in [-0.39, 0.29) is 5.91 Å². The van der Waals surface area contributed by atoms with E-state index in [0.717, 1.165) is 18.1 Å². The maximum Gasteiger partial charge on any atom is 0.262 e. The molecule has 0 bridgehead atoms. The molecule has 1 aromatic heterocycles. The van der Waals surface area contributed by atoms with Gasteiger partial charge in [-0.2, -0.15) is 0 Å². The SMILES string of the molecule is COc1cc(OC)c(NC(=O)C2=Cc3sc4c(c3CS2)CCC(C)C4)cc1Cl. The Kier molecular flexibility index (Phi) is 5.63. The minimum absolute atomic E-state index is 0.144. The number of benzene rings is 1. The highest BCUT2D eigenvalue weighted by atomic mass is 35.5. The van der Waals surface area contributed by atoms with Crippen LogP contribution in [0, 0.1) is 5.92 Å². The standard InChI is InChI=1S/C21H22ClNO3S2/c1-11-4-5-12-13-10-27-20(9-19(13)28-18(12)6-11)21(24)23-15-7-14(22)16(25-2)8-17(15)26-3/h7-9,11H,4-6,10H2,1-3H3,(H,23,24). The zero-order chi connectivity index (χ0) is 19.8. The number of anilines is 1. The monoisotopic (exact) mass is 435 g/mol. The van der Waals surface area contributed by atoms with Crippen LogP contribution in [0.1, 0.15) is 34.2 Å². The number of halogens is 1. The van der Waals surface area contributed by atoms with E-state index in [1.54, 1.807) is 38.1 Å². The van der Waals surface area contributed by atoms with Crippen molar-refractivity contribution >= 4 is 52.4 Å². The van der Waals surface area contributed by atoms with Crippen molar-refractivity contribution in [3.8, 4) is 11.5 Å². The van der Waals surface area contributed by atoms with Gasteiger partial charge in [0.25, 0.3) is 5.91 Å². The van der Waals surface area contributed by atoms with Gasteiger partial charge < -0.3 is 14.8 Å². The Morgan fingerprint density at radius 2 is 2.00 bits per heavy atom. The second-order valence-corrected chi connectivity index (χ2v) is 9.69. The maximum absolute atomic E-state index is 12.9. The lowest BCUT2D eigenvalue weighted by atomic mass is 9.88. The number of thiophene rings is 1. The van der Waals surface area contributed by atoms with Gasteiger partial charge in [0, 0.05) is 21.6 Å². The highest BCUT2D eigenvalue weighted by molar-refractivity contribution is 8.03. The molecule has 1 unspecified atom stereocenters. The molecule has 1 N–H and O–H groups in total. The quantitative estimate of drug-likeness (QED) is 0.662. The molecule has 7 heteroatoms. The summed E-state index contributed by atoms with van der Waals surface area (Å²) in [6, 6.07) is 3.33. The first-order valence-electron chi connectivity index (χ1n) is 9.21. The average Bonchev–Trinajstić information content (AvgIpc) is 3.04. The molecule has 2 aliphatic rings. The van der Waals surface area contributed by atoms with Gasteiger partial charge in [0.05, 0.1) is 29.8 Å². The molecular formula is C21H22ClNO3S2. The molecule has 1 aliphatic carbocycles. The van der Waals surface area contributed by atoms with E-state index in [0.29, 0.717) is 27.1 Å². The number of thioether (sulfide) groups is 1. The molecule has 1 aromatic carbocycles. The van der Waals surface area contributed by atoms with Crippen LogP contribution in [0.3, 0.4) is 0 Å².